The molecule has 0 spiro atoms. The lowest BCUT2D eigenvalue weighted by Crippen LogP contribution is -2.50. The van der Waals surface area contributed by atoms with Gasteiger partial charge in [-0.05, 0) is 54.3 Å². The Balaban J connectivity index is 1.51. The molecule has 0 saturated carbocycles. The molecule has 5 nitrogen and oxygen atoms in total. The third-order valence-electron chi connectivity index (χ3n) is 4.12. The number of thiophene rings is 1. The predicted octanol–water partition coefficient (Wildman–Crippen LogP) is 3.17. The van der Waals surface area contributed by atoms with Crippen molar-refractivity contribution < 1.29 is 9.53 Å². The van der Waals surface area contributed by atoms with Crippen molar-refractivity contribution in [2.45, 2.75) is 32.5 Å². The quantitative estimate of drug-likeness (QED) is 0.926. The number of pyridine rings is 1. The summed E-state index contributed by atoms with van der Waals surface area (Å²) < 4.78 is 5.97. The van der Waals surface area contributed by atoms with E-state index < -0.39 is 0 Å². The standard InChI is InChI=1S/C18H23N3O2S/c1-13-3-4-15(9-20-13)5-7-19-18(22)21-10-14(2)23-17(11-21)16-6-8-24-12-16/h3-4,6,8-9,12,14,17H,5,7,10-11H2,1-2H3,(H,19,22)/t14-,17-/m0/s1. The molecule has 3 rings (SSSR count). The van der Waals surface area contributed by atoms with Crippen molar-refractivity contribution in [2.75, 3.05) is 19.6 Å². The molecule has 2 aromatic heterocycles. The van der Waals surface area contributed by atoms with Crippen LogP contribution in [0, 0.1) is 6.92 Å². The van der Waals surface area contributed by atoms with Crippen LogP contribution in [0.5, 0.6) is 0 Å². The molecule has 2 atom stereocenters. The van der Waals surface area contributed by atoms with Crippen LogP contribution < -0.4 is 5.32 Å². The number of amides is 2. The first-order chi connectivity index (χ1) is 11.6. The van der Waals surface area contributed by atoms with Crippen LogP contribution in [-0.4, -0.2) is 41.7 Å². The molecule has 24 heavy (non-hydrogen) atoms. The van der Waals surface area contributed by atoms with E-state index in [1.54, 1.807) is 11.3 Å². The molecule has 1 fully saturated rings. The predicted molar refractivity (Wildman–Crippen MR) is 95.3 cm³/mol. The molecule has 6 heteroatoms. The summed E-state index contributed by atoms with van der Waals surface area (Å²) in [6, 6.07) is 6.09. The molecule has 0 radical (unpaired) electrons. The summed E-state index contributed by atoms with van der Waals surface area (Å²) >= 11 is 1.65. The third kappa shape index (κ3) is 4.33. The molecular formula is C18H23N3O2S. The topological polar surface area (TPSA) is 54.5 Å². The van der Waals surface area contributed by atoms with Crippen LogP contribution in [0.1, 0.15) is 29.8 Å². The monoisotopic (exact) mass is 345 g/mol. The van der Waals surface area contributed by atoms with Gasteiger partial charge in [-0.15, -0.1) is 0 Å². The molecule has 1 aliphatic heterocycles. The Bertz CT molecular complexity index is 657. The molecule has 1 aliphatic rings. The summed E-state index contributed by atoms with van der Waals surface area (Å²) in [7, 11) is 0. The second kappa shape index (κ2) is 7.77. The summed E-state index contributed by atoms with van der Waals surface area (Å²) in [4.78, 5) is 18.6. The Morgan fingerprint density at radius 2 is 2.29 bits per heavy atom. The molecule has 2 aromatic rings. The highest BCUT2D eigenvalue weighted by molar-refractivity contribution is 7.07. The zero-order valence-electron chi connectivity index (χ0n) is 14.1. The molecule has 2 amide bonds. The number of nitrogens with zero attached hydrogens (tertiary/aromatic N) is 2. The number of urea groups is 1. The average molecular weight is 345 g/mol. The van der Waals surface area contributed by atoms with Gasteiger partial charge in [-0.2, -0.15) is 11.3 Å². The van der Waals surface area contributed by atoms with Crippen LogP contribution in [-0.2, 0) is 11.2 Å². The van der Waals surface area contributed by atoms with Gasteiger partial charge in [-0.1, -0.05) is 6.07 Å². The van der Waals surface area contributed by atoms with Gasteiger partial charge >= 0.3 is 6.03 Å². The maximum Gasteiger partial charge on any atom is 0.317 e. The van der Waals surface area contributed by atoms with E-state index in [-0.39, 0.29) is 18.2 Å². The fourth-order valence-corrected chi connectivity index (χ4v) is 3.53. The first-order valence-electron chi connectivity index (χ1n) is 8.23. The fraction of sp³-hybridized carbons (Fsp3) is 0.444. The number of carbonyl (C=O) groups excluding carboxylic acids is 1. The van der Waals surface area contributed by atoms with E-state index in [2.05, 4.69) is 27.8 Å². The van der Waals surface area contributed by atoms with Crippen molar-refractivity contribution in [3.05, 3.63) is 52.0 Å². The van der Waals surface area contributed by atoms with Crippen LogP contribution in [0.2, 0.25) is 0 Å². The van der Waals surface area contributed by atoms with Gasteiger partial charge in [0, 0.05) is 25.0 Å². The number of carbonyl (C=O) groups is 1. The molecule has 1 saturated heterocycles. The number of hydrogen-bond acceptors (Lipinski definition) is 4. The summed E-state index contributed by atoms with van der Waals surface area (Å²) in [5.74, 6) is 0. The van der Waals surface area contributed by atoms with Crippen LogP contribution in [0.3, 0.4) is 0 Å². The SMILES string of the molecule is Cc1ccc(CCNC(=O)N2C[C@@H](c3ccsc3)O[C@@H](C)C2)cn1. The highest BCUT2D eigenvalue weighted by atomic mass is 32.1. The summed E-state index contributed by atoms with van der Waals surface area (Å²) in [5, 5.41) is 7.13. The van der Waals surface area contributed by atoms with Gasteiger partial charge in [0.05, 0.1) is 12.6 Å². The molecule has 128 valence electrons. The minimum absolute atomic E-state index is 0.0227. The van der Waals surface area contributed by atoms with Crippen molar-refractivity contribution in [1.29, 1.82) is 0 Å². The number of aryl methyl sites for hydroxylation is 1. The van der Waals surface area contributed by atoms with Crippen molar-refractivity contribution in [2.24, 2.45) is 0 Å². The van der Waals surface area contributed by atoms with Crippen LogP contribution in [0.25, 0.3) is 0 Å². The van der Waals surface area contributed by atoms with Crippen LogP contribution in [0.15, 0.2) is 35.2 Å². The van der Waals surface area contributed by atoms with Gasteiger partial charge < -0.3 is 15.0 Å². The first kappa shape index (κ1) is 16.9. The largest absolute Gasteiger partial charge is 0.367 e. The number of aromatic nitrogens is 1. The Morgan fingerprint density at radius 1 is 1.42 bits per heavy atom. The van der Waals surface area contributed by atoms with E-state index in [1.807, 2.05) is 36.4 Å². The molecule has 1 N–H and O–H groups in total. The van der Waals surface area contributed by atoms with Crippen LogP contribution in [0.4, 0.5) is 4.79 Å². The third-order valence-corrected chi connectivity index (χ3v) is 4.83. The van der Waals surface area contributed by atoms with E-state index in [0.29, 0.717) is 19.6 Å². The summed E-state index contributed by atoms with van der Waals surface area (Å²) in [6.45, 7) is 5.81. The Labute approximate surface area is 146 Å². The normalized spacial score (nSPS) is 20.8. The molecule has 0 aromatic carbocycles. The lowest BCUT2D eigenvalue weighted by atomic mass is 10.1. The molecule has 0 bridgehead atoms. The highest BCUT2D eigenvalue weighted by Gasteiger charge is 2.29. The Kier molecular flexibility index (Phi) is 5.48. The first-order valence-corrected chi connectivity index (χ1v) is 9.18. The van der Waals surface area contributed by atoms with E-state index >= 15 is 0 Å². The van der Waals surface area contributed by atoms with E-state index in [1.165, 1.54) is 0 Å². The molecule has 0 aliphatic carbocycles. The van der Waals surface area contributed by atoms with Crippen molar-refractivity contribution >= 4 is 17.4 Å². The Hall–Kier alpha value is -1.92. The van der Waals surface area contributed by atoms with Crippen molar-refractivity contribution in [3.8, 4) is 0 Å². The summed E-state index contributed by atoms with van der Waals surface area (Å²) in [6.07, 6.45) is 2.65. The zero-order valence-corrected chi connectivity index (χ0v) is 14.9. The highest BCUT2D eigenvalue weighted by Crippen LogP contribution is 2.26. The Morgan fingerprint density at radius 3 is 3.00 bits per heavy atom. The van der Waals surface area contributed by atoms with Crippen molar-refractivity contribution in [3.63, 3.8) is 0 Å². The number of ether oxygens (including phenoxy) is 1. The fourth-order valence-electron chi connectivity index (χ4n) is 2.83. The van der Waals surface area contributed by atoms with Gasteiger partial charge in [0.25, 0.3) is 0 Å². The van der Waals surface area contributed by atoms with Gasteiger partial charge in [-0.3, -0.25) is 4.98 Å². The molecule has 3 heterocycles. The molecule has 0 unspecified atom stereocenters. The maximum absolute atomic E-state index is 12.4. The van der Waals surface area contributed by atoms with E-state index in [0.717, 1.165) is 23.2 Å². The second-order valence-corrected chi connectivity index (χ2v) is 6.97. The molecular weight excluding hydrogens is 322 g/mol. The van der Waals surface area contributed by atoms with Gasteiger partial charge in [0.1, 0.15) is 6.10 Å². The van der Waals surface area contributed by atoms with Gasteiger partial charge in [0.2, 0.25) is 0 Å². The number of morpholine rings is 1. The van der Waals surface area contributed by atoms with Gasteiger partial charge in [0.15, 0.2) is 0 Å². The lowest BCUT2D eigenvalue weighted by Gasteiger charge is -2.36. The minimum Gasteiger partial charge on any atom is -0.367 e. The smallest absolute Gasteiger partial charge is 0.317 e. The average Bonchev–Trinajstić information content (AvgIpc) is 3.10. The van der Waals surface area contributed by atoms with Gasteiger partial charge in [-0.25, -0.2) is 4.79 Å². The van der Waals surface area contributed by atoms with E-state index in [4.69, 9.17) is 4.74 Å². The van der Waals surface area contributed by atoms with Crippen molar-refractivity contribution in [1.82, 2.24) is 15.2 Å². The zero-order chi connectivity index (χ0) is 16.9. The minimum atomic E-state index is -0.0351. The summed E-state index contributed by atoms with van der Waals surface area (Å²) in [5.41, 5.74) is 3.28. The second-order valence-electron chi connectivity index (χ2n) is 6.19. The number of hydrogen-bond donors (Lipinski definition) is 1. The number of rotatable bonds is 4. The number of nitrogens with one attached hydrogen (secondary N) is 1. The van der Waals surface area contributed by atoms with E-state index in [9.17, 15) is 4.79 Å². The maximum atomic E-state index is 12.4. The van der Waals surface area contributed by atoms with Crippen LogP contribution >= 0.6 is 11.3 Å². The lowest BCUT2D eigenvalue weighted by molar-refractivity contribution is -0.0654.